The zero-order valence-electron chi connectivity index (χ0n) is 16.2. The maximum Gasteiger partial charge on any atom is 0.439 e. The first-order chi connectivity index (χ1) is 14.4. The second-order valence-corrected chi connectivity index (χ2v) is 7.40. The fourth-order valence-corrected chi connectivity index (χ4v) is 3.38. The quantitative estimate of drug-likeness (QED) is 0.499. The molecule has 0 fully saturated rings. The van der Waals surface area contributed by atoms with E-state index in [2.05, 4.69) is 25.1 Å². The number of amides is 1. The SMILES string of the molecule is CC(C)c1c(C(=O)Nc2cccc(-c3noc(=O)[nH]3)c2)cnn1-c1cccc(Cl)c1. The average molecular weight is 424 g/mol. The molecule has 2 heterocycles. The normalized spacial score (nSPS) is 11.1. The Morgan fingerprint density at radius 2 is 2.00 bits per heavy atom. The van der Waals surface area contributed by atoms with Crippen molar-refractivity contribution in [2.24, 2.45) is 0 Å². The first kappa shape index (κ1) is 19.7. The summed E-state index contributed by atoms with van der Waals surface area (Å²) in [6, 6.07) is 14.2. The summed E-state index contributed by atoms with van der Waals surface area (Å²) in [5, 5.41) is 11.5. The zero-order chi connectivity index (χ0) is 21.3. The number of nitrogens with one attached hydrogen (secondary N) is 2. The molecule has 4 aromatic rings. The molecule has 0 unspecified atom stereocenters. The second kappa shape index (κ2) is 8.00. The van der Waals surface area contributed by atoms with Gasteiger partial charge in [-0.25, -0.2) is 9.48 Å². The molecule has 8 nitrogen and oxygen atoms in total. The van der Waals surface area contributed by atoms with Gasteiger partial charge >= 0.3 is 5.76 Å². The van der Waals surface area contributed by atoms with Gasteiger partial charge in [-0.2, -0.15) is 5.10 Å². The monoisotopic (exact) mass is 423 g/mol. The molecule has 0 radical (unpaired) electrons. The number of carbonyl (C=O) groups is 1. The Hall–Kier alpha value is -3.65. The predicted molar refractivity (Wildman–Crippen MR) is 113 cm³/mol. The van der Waals surface area contributed by atoms with Gasteiger partial charge in [0, 0.05) is 16.3 Å². The molecule has 4 rings (SSSR count). The molecule has 0 aliphatic carbocycles. The number of halogens is 1. The fraction of sp³-hybridized carbons (Fsp3) is 0.143. The third kappa shape index (κ3) is 3.90. The van der Waals surface area contributed by atoms with Gasteiger partial charge in [0.1, 0.15) is 0 Å². The van der Waals surface area contributed by atoms with E-state index in [-0.39, 0.29) is 17.6 Å². The number of nitrogens with zero attached hydrogens (tertiary/aromatic N) is 3. The molecule has 0 bridgehead atoms. The summed E-state index contributed by atoms with van der Waals surface area (Å²) in [6.07, 6.45) is 1.55. The second-order valence-electron chi connectivity index (χ2n) is 6.97. The molecular weight excluding hydrogens is 406 g/mol. The molecule has 9 heteroatoms. The van der Waals surface area contributed by atoms with Crippen LogP contribution in [0.3, 0.4) is 0 Å². The van der Waals surface area contributed by atoms with Crippen LogP contribution < -0.4 is 11.1 Å². The van der Waals surface area contributed by atoms with Gasteiger partial charge in [0.05, 0.1) is 23.1 Å². The number of benzene rings is 2. The van der Waals surface area contributed by atoms with Crippen molar-refractivity contribution in [2.45, 2.75) is 19.8 Å². The van der Waals surface area contributed by atoms with Crippen molar-refractivity contribution in [3.8, 4) is 17.1 Å². The molecule has 0 atom stereocenters. The third-order valence-electron chi connectivity index (χ3n) is 4.48. The highest BCUT2D eigenvalue weighted by Crippen LogP contribution is 2.26. The molecule has 2 aromatic heterocycles. The van der Waals surface area contributed by atoms with Gasteiger partial charge in [0.25, 0.3) is 5.91 Å². The molecule has 0 aliphatic rings. The van der Waals surface area contributed by atoms with E-state index in [4.69, 9.17) is 11.6 Å². The summed E-state index contributed by atoms with van der Waals surface area (Å²) in [5.74, 6) is -0.612. The van der Waals surface area contributed by atoms with Gasteiger partial charge in [-0.1, -0.05) is 48.8 Å². The molecule has 152 valence electrons. The van der Waals surface area contributed by atoms with E-state index in [0.717, 1.165) is 11.4 Å². The van der Waals surface area contributed by atoms with Crippen LogP contribution in [0.1, 0.15) is 35.8 Å². The molecular formula is C21H18ClN5O3. The van der Waals surface area contributed by atoms with Crippen molar-refractivity contribution in [1.82, 2.24) is 19.9 Å². The number of carbonyl (C=O) groups excluding carboxylic acids is 1. The molecule has 0 aliphatic heterocycles. The van der Waals surface area contributed by atoms with Crippen molar-refractivity contribution >= 4 is 23.2 Å². The van der Waals surface area contributed by atoms with Gasteiger partial charge < -0.3 is 5.32 Å². The lowest BCUT2D eigenvalue weighted by Crippen LogP contribution is -2.15. The highest BCUT2D eigenvalue weighted by Gasteiger charge is 2.21. The van der Waals surface area contributed by atoms with Gasteiger partial charge in [0.2, 0.25) is 0 Å². The van der Waals surface area contributed by atoms with E-state index in [1.807, 2.05) is 26.0 Å². The maximum atomic E-state index is 13.0. The fourth-order valence-electron chi connectivity index (χ4n) is 3.20. The first-order valence-electron chi connectivity index (χ1n) is 9.24. The first-order valence-corrected chi connectivity index (χ1v) is 9.62. The lowest BCUT2D eigenvalue weighted by atomic mass is 10.0. The van der Waals surface area contributed by atoms with Crippen molar-refractivity contribution < 1.29 is 9.32 Å². The van der Waals surface area contributed by atoms with E-state index in [1.165, 1.54) is 0 Å². The van der Waals surface area contributed by atoms with Crippen LogP contribution in [0.15, 0.2) is 64.0 Å². The van der Waals surface area contributed by atoms with Crippen LogP contribution in [0.2, 0.25) is 5.02 Å². The lowest BCUT2D eigenvalue weighted by Gasteiger charge is -2.13. The Balaban J connectivity index is 1.65. The third-order valence-corrected chi connectivity index (χ3v) is 4.72. The largest absolute Gasteiger partial charge is 0.439 e. The van der Waals surface area contributed by atoms with Crippen molar-refractivity contribution in [3.05, 3.63) is 81.6 Å². The Morgan fingerprint density at radius 1 is 1.20 bits per heavy atom. The summed E-state index contributed by atoms with van der Waals surface area (Å²) in [6.45, 7) is 3.99. The number of hydrogen-bond acceptors (Lipinski definition) is 5. The Kier molecular flexibility index (Phi) is 5.24. The number of rotatable bonds is 5. The Bertz CT molecular complexity index is 1270. The van der Waals surface area contributed by atoms with E-state index < -0.39 is 5.76 Å². The van der Waals surface area contributed by atoms with Gasteiger partial charge in [0.15, 0.2) is 5.82 Å². The van der Waals surface area contributed by atoms with Crippen LogP contribution in [0.5, 0.6) is 0 Å². The summed E-state index contributed by atoms with van der Waals surface area (Å²) >= 11 is 6.12. The highest BCUT2D eigenvalue weighted by atomic mass is 35.5. The van der Waals surface area contributed by atoms with Crippen LogP contribution in [-0.4, -0.2) is 25.8 Å². The standard InChI is InChI=1S/C21H18ClN5O3/c1-12(2)18-17(11-23-27(18)16-8-4-6-14(22)10-16)20(28)24-15-7-3-5-13(9-15)19-25-21(29)30-26-19/h3-12H,1-2H3,(H,24,28)(H,25,26,29). The van der Waals surface area contributed by atoms with Crippen LogP contribution >= 0.6 is 11.6 Å². The summed E-state index contributed by atoms with van der Waals surface area (Å²) in [4.78, 5) is 26.7. The van der Waals surface area contributed by atoms with Crippen molar-refractivity contribution in [2.75, 3.05) is 5.32 Å². The molecule has 0 saturated heterocycles. The number of aromatic nitrogens is 4. The van der Waals surface area contributed by atoms with Crippen molar-refractivity contribution in [1.29, 1.82) is 0 Å². The molecule has 2 N–H and O–H groups in total. The molecule has 0 spiro atoms. The molecule has 2 aromatic carbocycles. The van der Waals surface area contributed by atoms with Crippen LogP contribution in [0, 0.1) is 0 Å². The number of H-pyrrole nitrogens is 1. The average Bonchev–Trinajstić information content (AvgIpc) is 3.35. The van der Waals surface area contributed by atoms with Crippen LogP contribution in [0.25, 0.3) is 17.1 Å². The predicted octanol–water partition coefficient (Wildman–Crippen LogP) is 4.24. The van der Waals surface area contributed by atoms with E-state index in [1.54, 1.807) is 47.3 Å². The van der Waals surface area contributed by atoms with Crippen LogP contribution in [0.4, 0.5) is 5.69 Å². The molecule has 0 saturated carbocycles. The number of hydrogen-bond donors (Lipinski definition) is 2. The van der Waals surface area contributed by atoms with Gasteiger partial charge in [-0.3, -0.25) is 14.3 Å². The lowest BCUT2D eigenvalue weighted by molar-refractivity contribution is 0.102. The highest BCUT2D eigenvalue weighted by molar-refractivity contribution is 6.30. The minimum Gasteiger partial charge on any atom is -0.322 e. The van der Waals surface area contributed by atoms with E-state index >= 15 is 0 Å². The summed E-state index contributed by atoms with van der Waals surface area (Å²) in [5.41, 5.74) is 3.17. The Morgan fingerprint density at radius 3 is 2.70 bits per heavy atom. The molecule has 30 heavy (non-hydrogen) atoms. The summed E-state index contributed by atoms with van der Waals surface area (Å²) < 4.78 is 6.26. The minimum absolute atomic E-state index is 0.0405. The number of aromatic amines is 1. The van der Waals surface area contributed by atoms with Crippen molar-refractivity contribution in [3.63, 3.8) is 0 Å². The minimum atomic E-state index is -0.644. The van der Waals surface area contributed by atoms with E-state index in [9.17, 15) is 9.59 Å². The topological polar surface area (TPSA) is 106 Å². The zero-order valence-corrected chi connectivity index (χ0v) is 17.0. The van der Waals surface area contributed by atoms with Crippen LogP contribution in [-0.2, 0) is 0 Å². The Labute approximate surface area is 176 Å². The van der Waals surface area contributed by atoms with Gasteiger partial charge in [-0.05, 0) is 36.2 Å². The number of anilines is 1. The summed E-state index contributed by atoms with van der Waals surface area (Å²) in [7, 11) is 0. The molecule has 1 amide bonds. The maximum absolute atomic E-state index is 13.0. The smallest absolute Gasteiger partial charge is 0.322 e. The van der Waals surface area contributed by atoms with E-state index in [0.29, 0.717) is 21.8 Å². The van der Waals surface area contributed by atoms with Gasteiger partial charge in [-0.15, -0.1) is 0 Å².